The van der Waals surface area contributed by atoms with Gasteiger partial charge in [-0.3, -0.25) is 10.6 Å². The molecule has 0 heterocycles. The number of benzene rings is 6. The first kappa shape index (κ1) is 44.3. The van der Waals surface area contributed by atoms with Crippen molar-refractivity contribution in [1.29, 1.82) is 0 Å². The number of nitrogens with one attached hydrogen (secondary N) is 2. The van der Waals surface area contributed by atoms with Gasteiger partial charge in [-0.2, -0.15) is 26.3 Å². The van der Waals surface area contributed by atoms with Crippen molar-refractivity contribution in [2.75, 3.05) is 54.0 Å². The molecule has 6 aromatic carbocycles. The maximum atomic E-state index is 14.3. The minimum absolute atomic E-state index is 0.151. The SMILES string of the molecule is COCOc1c(-c2ccc(C(O)(NCCN)C(F)(F)F)cc2)cc2ccccc2c1-c1c(OCOC)c(-c2ccc(C(O)(NCCN)C(F)(F)F)cc2)cc2ccccc12. The molecule has 318 valence electrons. The Bertz CT molecular complexity index is 2250. The second kappa shape index (κ2) is 18.1. The summed E-state index contributed by atoms with van der Waals surface area (Å²) in [5, 5.41) is 28.7. The van der Waals surface area contributed by atoms with Crippen LogP contribution in [0, 0.1) is 0 Å². The number of nitrogens with two attached hydrogens (primary N) is 2. The third-order valence-electron chi connectivity index (χ3n) is 9.99. The Labute approximate surface area is 341 Å². The van der Waals surface area contributed by atoms with Crippen LogP contribution < -0.4 is 31.6 Å². The van der Waals surface area contributed by atoms with Gasteiger partial charge in [0.15, 0.2) is 13.6 Å². The van der Waals surface area contributed by atoms with E-state index in [0.29, 0.717) is 54.9 Å². The van der Waals surface area contributed by atoms with E-state index in [2.05, 4.69) is 10.6 Å². The van der Waals surface area contributed by atoms with Gasteiger partial charge in [-0.15, -0.1) is 0 Å². The third-order valence-corrected chi connectivity index (χ3v) is 9.99. The summed E-state index contributed by atoms with van der Waals surface area (Å²) in [6.45, 7) is -1.42. The van der Waals surface area contributed by atoms with Crippen molar-refractivity contribution in [3.63, 3.8) is 0 Å². The fourth-order valence-corrected chi connectivity index (χ4v) is 7.14. The molecule has 6 rings (SSSR count). The number of halogens is 6. The standard InChI is InChI=1S/C44H44F6N4O6/c1-57-25-59-39-35(27-11-15-31(16-12-27)41(55,43(45,46)47)53-21-19-51)23-29-7-3-5-9-33(29)37(39)38-34-10-6-4-8-30(34)24-36(40(38)60-26-58-2)28-13-17-32(18-14-28)42(56,44(48,49)50)54-22-20-52/h3-18,23-24,53-56H,19-22,25-26,51-52H2,1-2H3. The second-order valence-corrected chi connectivity index (χ2v) is 13.8. The molecule has 0 fully saturated rings. The van der Waals surface area contributed by atoms with Gasteiger partial charge in [-0.05, 0) is 44.8 Å². The van der Waals surface area contributed by atoms with Crippen molar-refractivity contribution in [1.82, 2.24) is 10.6 Å². The Morgan fingerprint density at radius 1 is 0.533 bits per heavy atom. The zero-order valence-electron chi connectivity index (χ0n) is 32.6. The predicted molar refractivity (Wildman–Crippen MR) is 217 cm³/mol. The average molecular weight is 839 g/mol. The maximum absolute atomic E-state index is 14.3. The van der Waals surface area contributed by atoms with Crippen molar-refractivity contribution >= 4 is 21.5 Å². The Hall–Kier alpha value is -5.30. The van der Waals surface area contributed by atoms with Gasteiger partial charge < -0.3 is 40.6 Å². The zero-order valence-corrected chi connectivity index (χ0v) is 32.6. The summed E-state index contributed by atoms with van der Waals surface area (Å²) in [6.07, 6.45) is -10.2. The highest BCUT2D eigenvalue weighted by molar-refractivity contribution is 6.14. The van der Waals surface area contributed by atoms with Crippen LogP contribution >= 0.6 is 0 Å². The van der Waals surface area contributed by atoms with Crippen LogP contribution in [0.4, 0.5) is 26.3 Å². The molecule has 0 spiro atoms. The van der Waals surface area contributed by atoms with Gasteiger partial charge in [-0.25, -0.2) is 0 Å². The predicted octanol–water partition coefficient (Wildman–Crippen LogP) is 7.47. The van der Waals surface area contributed by atoms with Gasteiger partial charge in [0.2, 0.25) is 11.4 Å². The molecule has 0 aliphatic rings. The van der Waals surface area contributed by atoms with E-state index in [1.807, 2.05) is 60.7 Å². The van der Waals surface area contributed by atoms with Crippen LogP contribution in [0.25, 0.3) is 54.9 Å². The molecule has 0 saturated heterocycles. The van der Waals surface area contributed by atoms with E-state index in [0.717, 1.165) is 0 Å². The van der Waals surface area contributed by atoms with E-state index < -0.39 is 34.9 Å². The minimum Gasteiger partial charge on any atom is -0.466 e. The largest absolute Gasteiger partial charge is 0.466 e. The first-order chi connectivity index (χ1) is 28.6. The first-order valence-corrected chi connectivity index (χ1v) is 18.7. The summed E-state index contributed by atoms with van der Waals surface area (Å²) < 4.78 is 109. The van der Waals surface area contributed by atoms with E-state index in [9.17, 15) is 36.6 Å². The molecule has 0 bridgehead atoms. The highest BCUT2D eigenvalue weighted by Crippen LogP contribution is 2.53. The minimum atomic E-state index is -5.08. The van der Waals surface area contributed by atoms with E-state index in [-0.39, 0.29) is 51.3 Å². The van der Waals surface area contributed by atoms with Crippen molar-refractivity contribution in [3.05, 3.63) is 120 Å². The van der Waals surface area contributed by atoms with Crippen molar-refractivity contribution < 1.29 is 55.5 Å². The smallest absolute Gasteiger partial charge is 0.435 e. The highest BCUT2D eigenvalue weighted by Gasteiger charge is 2.56. The van der Waals surface area contributed by atoms with Crippen LogP contribution in [0.3, 0.4) is 0 Å². The number of ether oxygens (including phenoxy) is 4. The Morgan fingerprint density at radius 2 is 0.883 bits per heavy atom. The zero-order chi connectivity index (χ0) is 43.3. The fourth-order valence-electron chi connectivity index (χ4n) is 7.14. The average Bonchev–Trinajstić information content (AvgIpc) is 3.24. The third kappa shape index (κ3) is 8.50. The molecular formula is C44H44F6N4O6. The Morgan fingerprint density at radius 3 is 1.20 bits per heavy atom. The number of hydrogen-bond donors (Lipinski definition) is 6. The molecule has 0 aliphatic heterocycles. The van der Waals surface area contributed by atoms with Crippen molar-refractivity contribution in [2.45, 2.75) is 23.8 Å². The molecule has 60 heavy (non-hydrogen) atoms. The van der Waals surface area contributed by atoms with Gasteiger partial charge >= 0.3 is 12.4 Å². The second-order valence-electron chi connectivity index (χ2n) is 13.8. The summed E-state index contributed by atoms with van der Waals surface area (Å²) in [5.41, 5.74) is 5.97. The van der Waals surface area contributed by atoms with Crippen LogP contribution in [0.2, 0.25) is 0 Å². The topological polar surface area (TPSA) is 153 Å². The summed E-state index contributed by atoms with van der Waals surface area (Å²) in [5.74, 6) is 0.522. The van der Waals surface area contributed by atoms with Crippen molar-refractivity contribution in [2.24, 2.45) is 11.5 Å². The molecule has 0 radical (unpaired) electrons. The Kier molecular flexibility index (Phi) is 13.4. The molecule has 0 aromatic heterocycles. The van der Waals surface area contributed by atoms with Gasteiger partial charge in [0.25, 0.3) is 0 Å². The molecule has 6 aromatic rings. The summed E-state index contributed by atoms with van der Waals surface area (Å²) in [7, 11) is 2.86. The number of rotatable bonds is 17. The molecule has 0 saturated carbocycles. The van der Waals surface area contributed by atoms with E-state index in [4.69, 9.17) is 30.4 Å². The van der Waals surface area contributed by atoms with Crippen LogP contribution in [-0.2, 0) is 20.9 Å². The fraction of sp³-hybridized carbons (Fsp3) is 0.273. The quantitative estimate of drug-likeness (QED) is 0.0403. The summed E-state index contributed by atoms with van der Waals surface area (Å²) in [4.78, 5) is 0. The number of hydrogen-bond acceptors (Lipinski definition) is 10. The van der Waals surface area contributed by atoms with E-state index in [1.54, 1.807) is 0 Å². The Balaban J connectivity index is 1.65. The molecule has 2 unspecified atom stereocenters. The number of alkyl halides is 6. The highest BCUT2D eigenvalue weighted by atomic mass is 19.4. The van der Waals surface area contributed by atoms with Gasteiger partial charge in [-0.1, -0.05) is 97.1 Å². The number of fused-ring (bicyclic) bond motifs is 2. The van der Waals surface area contributed by atoms with E-state index >= 15 is 0 Å². The van der Waals surface area contributed by atoms with Gasteiger partial charge in [0, 0.05) is 73.8 Å². The molecular weight excluding hydrogens is 794 g/mol. The number of methoxy groups -OCH3 is 2. The summed E-state index contributed by atoms with van der Waals surface area (Å²) in [6, 6.07) is 28.8. The first-order valence-electron chi connectivity index (χ1n) is 18.7. The van der Waals surface area contributed by atoms with Crippen LogP contribution in [0.1, 0.15) is 11.1 Å². The molecule has 0 amide bonds. The molecule has 2 atom stereocenters. The lowest BCUT2D eigenvalue weighted by molar-refractivity contribution is -0.279. The number of aliphatic hydroxyl groups is 2. The lowest BCUT2D eigenvalue weighted by Gasteiger charge is -2.32. The lowest BCUT2D eigenvalue weighted by atomic mass is 9.86. The lowest BCUT2D eigenvalue weighted by Crippen LogP contribution is -2.55. The van der Waals surface area contributed by atoms with Crippen LogP contribution in [0.5, 0.6) is 11.5 Å². The van der Waals surface area contributed by atoms with Crippen molar-refractivity contribution in [3.8, 4) is 44.9 Å². The molecule has 0 aliphatic carbocycles. The molecule has 8 N–H and O–H groups in total. The van der Waals surface area contributed by atoms with Gasteiger partial charge in [0.05, 0.1) is 0 Å². The molecule has 16 heteroatoms. The summed E-state index contributed by atoms with van der Waals surface area (Å²) >= 11 is 0. The monoisotopic (exact) mass is 838 g/mol. The van der Waals surface area contributed by atoms with Gasteiger partial charge in [0.1, 0.15) is 11.5 Å². The van der Waals surface area contributed by atoms with E-state index in [1.165, 1.54) is 62.8 Å². The molecule has 10 nitrogen and oxygen atoms in total. The van der Waals surface area contributed by atoms with Crippen LogP contribution in [-0.4, -0.2) is 76.6 Å². The van der Waals surface area contributed by atoms with Crippen LogP contribution in [0.15, 0.2) is 109 Å². The normalized spacial score (nSPS) is 14.3. The maximum Gasteiger partial charge on any atom is 0.435 e.